The molecule has 4 rings (SSSR count). The number of amides is 1. The molecule has 2 aliphatic heterocycles. The third kappa shape index (κ3) is 4.23. The monoisotopic (exact) mass is 385 g/mol. The van der Waals surface area contributed by atoms with Crippen LogP contribution in [0, 0.1) is 0 Å². The van der Waals surface area contributed by atoms with E-state index in [1.807, 2.05) is 24.3 Å². The molecular weight excluding hydrogens is 350 g/mol. The highest BCUT2D eigenvalue weighted by Gasteiger charge is 2.41. The van der Waals surface area contributed by atoms with Crippen LogP contribution in [0.4, 0.5) is 0 Å². The zero-order chi connectivity index (χ0) is 19.6. The maximum absolute atomic E-state index is 12.2. The fourth-order valence-electron chi connectivity index (χ4n) is 5.25. The minimum atomic E-state index is 0.113. The zero-order valence-electron chi connectivity index (χ0n) is 17.6. The SMILES string of the molecule is CN1CC[C@@]2(CCC1=O)CN(Cc1cnc(C3CCCCC3)nc1)CCN2C. The molecule has 0 N–H and O–H groups in total. The molecule has 1 aromatic heterocycles. The van der Waals surface area contributed by atoms with Gasteiger partial charge in [0.25, 0.3) is 0 Å². The summed E-state index contributed by atoms with van der Waals surface area (Å²) in [4.78, 5) is 28.5. The number of aromatic nitrogens is 2. The van der Waals surface area contributed by atoms with Crippen LogP contribution in [0.2, 0.25) is 0 Å². The van der Waals surface area contributed by atoms with Crippen molar-refractivity contribution in [2.45, 2.75) is 69.4 Å². The molecule has 3 fully saturated rings. The summed E-state index contributed by atoms with van der Waals surface area (Å²) in [5, 5.41) is 0. The van der Waals surface area contributed by atoms with Crippen LogP contribution in [-0.4, -0.2) is 76.4 Å². The standard InChI is InChI=1S/C22H35N5O/c1-25-11-10-22(9-8-20(25)28)17-27(13-12-26(22)2)16-18-14-23-21(24-15-18)19-6-4-3-5-7-19/h14-15,19H,3-13,16-17H2,1-2H3/t22-/m0/s1. The van der Waals surface area contributed by atoms with Crippen molar-refractivity contribution in [3.8, 4) is 0 Å². The molecule has 1 spiro atoms. The number of likely N-dealkylation sites (tertiary alicyclic amines) is 1. The number of likely N-dealkylation sites (N-methyl/N-ethyl adjacent to an activating group) is 1. The van der Waals surface area contributed by atoms with Gasteiger partial charge in [-0.25, -0.2) is 9.97 Å². The molecule has 28 heavy (non-hydrogen) atoms. The van der Waals surface area contributed by atoms with Gasteiger partial charge in [-0.15, -0.1) is 0 Å². The van der Waals surface area contributed by atoms with Gasteiger partial charge in [0, 0.05) is 75.6 Å². The summed E-state index contributed by atoms with van der Waals surface area (Å²) in [6.45, 7) is 4.90. The Labute approximate surface area is 169 Å². The molecule has 1 atom stereocenters. The molecule has 154 valence electrons. The van der Waals surface area contributed by atoms with Crippen LogP contribution in [0.1, 0.15) is 68.7 Å². The molecule has 1 amide bonds. The summed E-state index contributed by atoms with van der Waals surface area (Å²) in [5.74, 6) is 1.90. The largest absolute Gasteiger partial charge is 0.346 e. The van der Waals surface area contributed by atoms with Gasteiger partial charge < -0.3 is 4.90 Å². The highest BCUT2D eigenvalue weighted by molar-refractivity contribution is 5.76. The Morgan fingerprint density at radius 2 is 1.79 bits per heavy atom. The lowest BCUT2D eigenvalue weighted by atomic mass is 9.86. The third-order valence-corrected chi connectivity index (χ3v) is 7.32. The molecule has 1 aliphatic carbocycles. The predicted molar refractivity (Wildman–Crippen MR) is 110 cm³/mol. The lowest BCUT2D eigenvalue weighted by Crippen LogP contribution is -2.60. The van der Waals surface area contributed by atoms with Crippen LogP contribution in [-0.2, 0) is 11.3 Å². The first-order valence-corrected chi connectivity index (χ1v) is 11.0. The van der Waals surface area contributed by atoms with Crippen LogP contribution in [0.15, 0.2) is 12.4 Å². The van der Waals surface area contributed by atoms with Crippen LogP contribution >= 0.6 is 0 Å². The Balaban J connectivity index is 1.40. The predicted octanol–water partition coefficient (Wildman–Crippen LogP) is 2.65. The summed E-state index contributed by atoms with van der Waals surface area (Å²) < 4.78 is 0. The third-order valence-electron chi connectivity index (χ3n) is 7.32. The molecule has 2 saturated heterocycles. The highest BCUT2D eigenvalue weighted by atomic mass is 16.2. The Kier molecular flexibility index (Phi) is 5.97. The molecule has 0 radical (unpaired) electrons. The second kappa shape index (κ2) is 8.46. The Bertz CT molecular complexity index is 672. The molecule has 6 heteroatoms. The molecule has 0 unspecified atom stereocenters. The molecule has 1 aromatic rings. The average Bonchev–Trinajstić information content (AvgIpc) is 2.87. The van der Waals surface area contributed by atoms with E-state index >= 15 is 0 Å². The first-order chi connectivity index (χ1) is 13.6. The molecule has 3 aliphatic rings. The van der Waals surface area contributed by atoms with E-state index < -0.39 is 0 Å². The maximum Gasteiger partial charge on any atom is 0.222 e. The zero-order valence-corrected chi connectivity index (χ0v) is 17.6. The molecule has 1 saturated carbocycles. The lowest BCUT2D eigenvalue weighted by molar-refractivity contribution is -0.129. The molecule has 0 aromatic carbocycles. The van der Waals surface area contributed by atoms with E-state index in [1.165, 1.54) is 37.7 Å². The van der Waals surface area contributed by atoms with Gasteiger partial charge >= 0.3 is 0 Å². The number of rotatable bonds is 3. The summed E-state index contributed by atoms with van der Waals surface area (Å²) in [7, 11) is 4.17. The van der Waals surface area contributed by atoms with E-state index in [2.05, 4.69) is 16.8 Å². The van der Waals surface area contributed by atoms with Crippen LogP contribution in [0.25, 0.3) is 0 Å². The van der Waals surface area contributed by atoms with E-state index in [9.17, 15) is 4.79 Å². The number of carbonyl (C=O) groups is 1. The van der Waals surface area contributed by atoms with Crippen molar-refractivity contribution in [1.82, 2.24) is 24.7 Å². The Morgan fingerprint density at radius 3 is 2.54 bits per heavy atom. The highest BCUT2D eigenvalue weighted by Crippen LogP contribution is 2.33. The molecule has 0 bridgehead atoms. The molecular formula is C22H35N5O. The smallest absolute Gasteiger partial charge is 0.222 e. The average molecular weight is 386 g/mol. The van der Waals surface area contributed by atoms with E-state index in [0.717, 1.165) is 51.4 Å². The minimum absolute atomic E-state index is 0.113. The topological polar surface area (TPSA) is 52.6 Å². The molecule has 3 heterocycles. The van der Waals surface area contributed by atoms with Crippen molar-refractivity contribution in [3.63, 3.8) is 0 Å². The first kappa shape index (κ1) is 19.8. The van der Waals surface area contributed by atoms with Crippen LogP contribution < -0.4 is 0 Å². The summed E-state index contributed by atoms with van der Waals surface area (Å²) in [6, 6.07) is 0. The Hall–Kier alpha value is -1.53. The van der Waals surface area contributed by atoms with Crippen molar-refractivity contribution in [2.24, 2.45) is 0 Å². The van der Waals surface area contributed by atoms with Crippen molar-refractivity contribution in [1.29, 1.82) is 0 Å². The Morgan fingerprint density at radius 1 is 1.04 bits per heavy atom. The lowest BCUT2D eigenvalue weighted by Gasteiger charge is -2.49. The van der Waals surface area contributed by atoms with Gasteiger partial charge in [0.05, 0.1) is 0 Å². The van der Waals surface area contributed by atoms with E-state index in [-0.39, 0.29) is 11.4 Å². The molecule has 6 nitrogen and oxygen atoms in total. The van der Waals surface area contributed by atoms with Crippen LogP contribution in [0.5, 0.6) is 0 Å². The number of hydrogen-bond acceptors (Lipinski definition) is 5. The number of piperazine rings is 1. The van der Waals surface area contributed by atoms with Crippen LogP contribution in [0.3, 0.4) is 0 Å². The normalized spacial score (nSPS) is 28.6. The van der Waals surface area contributed by atoms with Crippen molar-refractivity contribution < 1.29 is 4.79 Å². The minimum Gasteiger partial charge on any atom is -0.346 e. The van der Waals surface area contributed by atoms with Gasteiger partial charge in [-0.3, -0.25) is 14.6 Å². The summed E-state index contributed by atoms with van der Waals surface area (Å²) in [6.07, 6.45) is 13.3. The van der Waals surface area contributed by atoms with E-state index in [4.69, 9.17) is 9.97 Å². The summed E-state index contributed by atoms with van der Waals surface area (Å²) in [5.41, 5.74) is 1.32. The number of nitrogens with zero attached hydrogens (tertiary/aromatic N) is 5. The second-order valence-corrected chi connectivity index (χ2v) is 9.21. The quantitative estimate of drug-likeness (QED) is 0.801. The van der Waals surface area contributed by atoms with Crippen molar-refractivity contribution >= 4 is 5.91 Å². The van der Waals surface area contributed by atoms with Gasteiger partial charge in [0.15, 0.2) is 0 Å². The number of carbonyl (C=O) groups excluding carboxylic acids is 1. The van der Waals surface area contributed by atoms with Gasteiger partial charge in [-0.1, -0.05) is 19.3 Å². The number of hydrogen-bond donors (Lipinski definition) is 0. The second-order valence-electron chi connectivity index (χ2n) is 9.21. The van der Waals surface area contributed by atoms with Gasteiger partial charge in [0.1, 0.15) is 5.82 Å². The summed E-state index contributed by atoms with van der Waals surface area (Å²) >= 11 is 0. The van der Waals surface area contributed by atoms with E-state index in [0.29, 0.717) is 12.3 Å². The maximum atomic E-state index is 12.2. The fraction of sp³-hybridized carbons (Fsp3) is 0.773. The fourth-order valence-corrected chi connectivity index (χ4v) is 5.25. The van der Waals surface area contributed by atoms with Gasteiger partial charge in [0.2, 0.25) is 5.91 Å². The van der Waals surface area contributed by atoms with Crippen molar-refractivity contribution in [3.05, 3.63) is 23.8 Å². The first-order valence-electron chi connectivity index (χ1n) is 11.0. The van der Waals surface area contributed by atoms with Gasteiger partial charge in [-0.2, -0.15) is 0 Å². The van der Waals surface area contributed by atoms with Gasteiger partial charge in [-0.05, 0) is 32.7 Å². The van der Waals surface area contributed by atoms with Crippen molar-refractivity contribution in [2.75, 3.05) is 40.3 Å². The van der Waals surface area contributed by atoms with E-state index in [1.54, 1.807) is 0 Å².